The molecule has 25 heavy (non-hydrogen) atoms. The number of halogens is 1. The molecule has 5 rings (SSSR count). The average molecular weight is 407 g/mol. The van der Waals surface area contributed by atoms with Gasteiger partial charge in [0, 0.05) is 11.0 Å². The van der Waals surface area contributed by atoms with Gasteiger partial charge in [-0.2, -0.15) is 0 Å². The Hall–Kier alpha value is -1.07. The molecule has 1 N–H and O–H groups in total. The van der Waals surface area contributed by atoms with Crippen LogP contribution in [0.5, 0.6) is 0 Å². The summed E-state index contributed by atoms with van der Waals surface area (Å²) < 4.78 is 6.96. The second-order valence-corrected chi connectivity index (χ2v) is 9.41. The first-order valence-corrected chi connectivity index (χ1v) is 10.2. The van der Waals surface area contributed by atoms with Crippen molar-refractivity contribution in [3.05, 3.63) is 33.8 Å². The third-order valence-corrected chi connectivity index (χ3v) is 6.85. The van der Waals surface area contributed by atoms with Crippen molar-refractivity contribution in [3.63, 3.8) is 0 Å². The monoisotopic (exact) mass is 406 g/mol. The Kier molecular flexibility index (Phi) is 4.57. The van der Waals surface area contributed by atoms with Crippen LogP contribution in [0.15, 0.2) is 22.7 Å². The lowest BCUT2D eigenvalue weighted by atomic mass is 9.70. The van der Waals surface area contributed by atoms with Crippen molar-refractivity contribution in [3.8, 4) is 0 Å². The van der Waals surface area contributed by atoms with Crippen LogP contribution in [0.4, 0.5) is 4.79 Å². The highest BCUT2D eigenvalue weighted by molar-refractivity contribution is 9.10. The first-order chi connectivity index (χ1) is 11.9. The van der Waals surface area contributed by atoms with Crippen LogP contribution in [-0.2, 0) is 11.2 Å². The zero-order valence-electron chi connectivity index (χ0n) is 15.1. The highest BCUT2D eigenvalue weighted by Gasteiger charge is 2.40. The SMILES string of the molecule is CC1(C)CCc2cc(Br)ccc2C1NC(=O)O[C@H]1CN2CCC1CC2. The Bertz CT molecular complexity index is 668. The second-order valence-electron chi connectivity index (χ2n) is 8.49. The Morgan fingerprint density at radius 2 is 2.08 bits per heavy atom. The minimum atomic E-state index is -0.257. The Morgan fingerprint density at radius 3 is 2.76 bits per heavy atom. The van der Waals surface area contributed by atoms with E-state index in [0.717, 1.165) is 49.8 Å². The first-order valence-electron chi connectivity index (χ1n) is 9.40. The van der Waals surface area contributed by atoms with Crippen LogP contribution in [0.1, 0.15) is 50.3 Å². The van der Waals surface area contributed by atoms with Gasteiger partial charge >= 0.3 is 6.09 Å². The van der Waals surface area contributed by atoms with Crippen molar-refractivity contribution in [2.75, 3.05) is 19.6 Å². The molecule has 2 atom stereocenters. The lowest BCUT2D eigenvalue weighted by molar-refractivity contribution is -0.0353. The number of hydrogen-bond donors (Lipinski definition) is 1. The lowest BCUT2D eigenvalue weighted by Gasteiger charge is -2.44. The first kappa shape index (κ1) is 17.3. The van der Waals surface area contributed by atoms with E-state index in [-0.39, 0.29) is 23.7 Å². The molecule has 1 amide bonds. The van der Waals surface area contributed by atoms with Gasteiger partial charge in [-0.05, 0) is 73.4 Å². The summed E-state index contributed by atoms with van der Waals surface area (Å²) in [5, 5.41) is 3.20. The van der Waals surface area contributed by atoms with Crippen molar-refractivity contribution in [2.24, 2.45) is 11.3 Å². The topological polar surface area (TPSA) is 41.6 Å². The van der Waals surface area contributed by atoms with Crippen LogP contribution >= 0.6 is 15.9 Å². The van der Waals surface area contributed by atoms with Crippen molar-refractivity contribution < 1.29 is 9.53 Å². The van der Waals surface area contributed by atoms with E-state index in [1.165, 1.54) is 11.1 Å². The number of carbonyl (C=O) groups excluding carboxylic acids is 1. The number of nitrogens with one attached hydrogen (secondary N) is 1. The number of carbonyl (C=O) groups is 1. The number of ether oxygens (including phenoxy) is 1. The van der Waals surface area contributed by atoms with E-state index in [1.807, 2.05) is 0 Å². The Morgan fingerprint density at radius 1 is 1.32 bits per heavy atom. The zero-order valence-corrected chi connectivity index (χ0v) is 16.6. The van der Waals surface area contributed by atoms with Gasteiger partial charge in [0.15, 0.2) is 0 Å². The summed E-state index contributed by atoms with van der Waals surface area (Å²) in [5.41, 5.74) is 2.57. The van der Waals surface area contributed by atoms with E-state index in [0.29, 0.717) is 5.92 Å². The molecule has 3 saturated heterocycles. The molecule has 2 bridgehead atoms. The summed E-state index contributed by atoms with van der Waals surface area (Å²) in [4.78, 5) is 15.1. The van der Waals surface area contributed by atoms with Gasteiger partial charge in [0.05, 0.1) is 6.04 Å². The van der Waals surface area contributed by atoms with Gasteiger partial charge in [0.25, 0.3) is 0 Å². The summed E-state index contributed by atoms with van der Waals surface area (Å²) in [6.45, 7) is 7.68. The molecule has 3 fully saturated rings. The maximum Gasteiger partial charge on any atom is 0.407 e. The summed E-state index contributed by atoms with van der Waals surface area (Å²) in [6, 6.07) is 6.38. The fourth-order valence-corrected chi connectivity index (χ4v) is 5.11. The minimum Gasteiger partial charge on any atom is -0.445 e. The Balaban J connectivity index is 1.48. The molecule has 1 aromatic carbocycles. The molecule has 4 aliphatic rings. The van der Waals surface area contributed by atoms with Crippen LogP contribution in [0.3, 0.4) is 0 Å². The predicted octanol–water partition coefficient (Wildman–Crippen LogP) is 4.28. The van der Waals surface area contributed by atoms with Crippen LogP contribution in [-0.4, -0.2) is 36.7 Å². The fourth-order valence-electron chi connectivity index (χ4n) is 4.70. The molecule has 0 aromatic heterocycles. The number of amides is 1. The van der Waals surface area contributed by atoms with Gasteiger partial charge in [-0.1, -0.05) is 35.8 Å². The molecular formula is C20H27BrN2O2. The van der Waals surface area contributed by atoms with Crippen LogP contribution < -0.4 is 5.32 Å². The standard InChI is InChI=1S/C20H27BrN2O2/c1-20(2)8-5-14-11-15(21)3-4-16(14)18(20)22-19(24)25-17-12-23-9-6-13(17)7-10-23/h3-4,11,13,17-18H,5-10,12H2,1-2H3,(H,22,24)/t17-,18?/m0/s1. The summed E-state index contributed by atoms with van der Waals surface area (Å²) in [7, 11) is 0. The molecule has 0 spiro atoms. The van der Waals surface area contributed by atoms with Crippen molar-refractivity contribution in [2.45, 2.75) is 51.7 Å². The van der Waals surface area contributed by atoms with E-state index in [2.05, 4.69) is 58.2 Å². The van der Waals surface area contributed by atoms with Gasteiger partial charge in [0.1, 0.15) is 6.10 Å². The summed E-state index contributed by atoms with van der Waals surface area (Å²) >= 11 is 3.56. The smallest absolute Gasteiger partial charge is 0.407 e. The van der Waals surface area contributed by atoms with Crippen molar-refractivity contribution >= 4 is 22.0 Å². The highest BCUT2D eigenvalue weighted by atomic mass is 79.9. The number of alkyl carbamates (subject to hydrolysis) is 1. The quantitative estimate of drug-likeness (QED) is 0.796. The molecule has 3 aliphatic heterocycles. The number of nitrogens with zero attached hydrogens (tertiary/aromatic N) is 1. The minimum absolute atomic E-state index is 0.00191. The normalized spacial score (nSPS) is 32.8. The highest BCUT2D eigenvalue weighted by Crippen LogP contribution is 2.44. The number of hydrogen-bond acceptors (Lipinski definition) is 3. The van der Waals surface area contributed by atoms with Gasteiger partial charge < -0.3 is 10.1 Å². The zero-order chi connectivity index (χ0) is 17.6. The van der Waals surface area contributed by atoms with Crippen LogP contribution in [0.2, 0.25) is 0 Å². The van der Waals surface area contributed by atoms with Gasteiger partial charge in [-0.3, -0.25) is 4.90 Å². The van der Waals surface area contributed by atoms with Crippen molar-refractivity contribution in [1.29, 1.82) is 0 Å². The molecule has 1 aromatic rings. The number of benzene rings is 1. The third-order valence-electron chi connectivity index (χ3n) is 6.35. The fraction of sp³-hybridized carbons (Fsp3) is 0.650. The largest absolute Gasteiger partial charge is 0.445 e. The number of fused-ring (bicyclic) bond motifs is 4. The number of rotatable bonds is 2. The molecule has 1 unspecified atom stereocenters. The third kappa shape index (κ3) is 3.45. The Labute approximate surface area is 158 Å². The van der Waals surface area contributed by atoms with E-state index in [9.17, 15) is 4.79 Å². The van der Waals surface area contributed by atoms with E-state index in [4.69, 9.17) is 4.74 Å². The molecule has 5 heteroatoms. The molecule has 0 saturated carbocycles. The van der Waals surface area contributed by atoms with E-state index in [1.54, 1.807) is 0 Å². The van der Waals surface area contributed by atoms with Crippen LogP contribution in [0, 0.1) is 11.3 Å². The maximum absolute atomic E-state index is 12.7. The molecule has 3 heterocycles. The van der Waals surface area contributed by atoms with E-state index >= 15 is 0 Å². The predicted molar refractivity (Wildman–Crippen MR) is 102 cm³/mol. The second kappa shape index (κ2) is 6.58. The summed E-state index contributed by atoms with van der Waals surface area (Å²) in [6.07, 6.45) is 4.22. The van der Waals surface area contributed by atoms with Crippen molar-refractivity contribution in [1.82, 2.24) is 10.2 Å². The van der Waals surface area contributed by atoms with Gasteiger partial charge in [0.2, 0.25) is 0 Å². The molecule has 1 aliphatic carbocycles. The summed E-state index contributed by atoms with van der Waals surface area (Å²) in [5.74, 6) is 0.540. The van der Waals surface area contributed by atoms with Crippen LogP contribution in [0.25, 0.3) is 0 Å². The number of piperidine rings is 3. The maximum atomic E-state index is 12.7. The lowest BCUT2D eigenvalue weighted by Crippen LogP contribution is -2.53. The van der Waals surface area contributed by atoms with Gasteiger partial charge in [-0.25, -0.2) is 4.79 Å². The number of aryl methyl sites for hydroxylation is 1. The van der Waals surface area contributed by atoms with Gasteiger partial charge in [-0.15, -0.1) is 0 Å². The molecule has 0 radical (unpaired) electrons. The molecule has 136 valence electrons. The molecular weight excluding hydrogens is 380 g/mol. The molecule has 4 nitrogen and oxygen atoms in total. The average Bonchev–Trinajstić information content (AvgIpc) is 2.59. The van der Waals surface area contributed by atoms with E-state index < -0.39 is 0 Å².